The zero-order chi connectivity index (χ0) is 7.44. The molecule has 6 heteroatoms. The van der Waals surface area contributed by atoms with Crippen LogP contribution in [0, 0.1) is 5.92 Å². The van der Waals surface area contributed by atoms with Crippen LogP contribution in [-0.4, -0.2) is 65.8 Å². The van der Waals surface area contributed by atoms with Gasteiger partial charge in [-0.15, -0.1) is 0 Å². The Hall–Kier alpha value is 0.610. The van der Waals surface area contributed by atoms with Crippen molar-refractivity contribution in [1.82, 2.24) is 0 Å². The summed E-state index contributed by atoms with van der Waals surface area (Å²) in [6.45, 7) is 3.76. The quantitative estimate of drug-likeness (QED) is 0.516. The van der Waals surface area contributed by atoms with Crippen LogP contribution in [0.5, 0.6) is 0 Å². The molecule has 0 radical (unpaired) electrons. The summed E-state index contributed by atoms with van der Waals surface area (Å²) in [5, 5.41) is 8.36. The molecule has 0 aliphatic carbocycles. The standard InChI is InChI=1S/C6H13NO2.Ca.2H2O.2H/c1-3-4(2)5(7)6(8)9;;;;;/h4-5H,3,7H2,1-2H3,(H,8,9);;2*1H2;;/t4-,5-;;;;;/m0...../s1. The summed E-state index contributed by atoms with van der Waals surface area (Å²) < 4.78 is 0. The van der Waals surface area contributed by atoms with Crippen LogP contribution in [0.2, 0.25) is 0 Å². The number of carboxylic acid groups (broad SMARTS) is 1. The van der Waals surface area contributed by atoms with Gasteiger partial charge in [-0.1, -0.05) is 20.3 Å². The molecule has 0 unspecified atom stereocenters. The van der Waals surface area contributed by atoms with E-state index in [1.54, 1.807) is 0 Å². The second kappa shape index (κ2) is 11.6. The number of rotatable bonds is 3. The first-order chi connectivity index (χ1) is 4.09. The molecule has 7 N–H and O–H groups in total. The van der Waals surface area contributed by atoms with Crippen LogP contribution in [0.25, 0.3) is 0 Å². The summed E-state index contributed by atoms with van der Waals surface area (Å²) in [5.41, 5.74) is 5.27. The van der Waals surface area contributed by atoms with Crippen LogP contribution >= 0.6 is 0 Å². The van der Waals surface area contributed by atoms with Crippen LogP contribution < -0.4 is 5.73 Å². The van der Waals surface area contributed by atoms with E-state index in [0.29, 0.717) is 0 Å². The van der Waals surface area contributed by atoms with Crippen LogP contribution in [0.1, 0.15) is 20.3 Å². The Morgan fingerprint density at radius 2 is 1.83 bits per heavy atom. The van der Waals surface area contributed by atoms with Crippen molar-refractivity contribution in [3.63, 3.8) is 0 Å². The second-order valence-corrected chi connectivity index (χ2v) is 2.25. The topological polar surface area (TPSA) is 126 Å². The normalized spacial score (nSPS) is 12.6. The van der Waals surface area contributed by atoms with Gasteiger partial charge in [0.1, 0.15) is 6.04 Å². The third kappa shape index (κ3) is 8.70. The molecule has 2 atom stereocenters. The predicted molar refractivity (Wildman–Crippen MR) is 50.8 cm³/mol. The number of nitrogens with two attached hydrogens (primary N) is 1. The Morgan fingerprint density at radius 3 is 1.92 bits per heavy atom. The maximum absolute atomic E-state index is 10.2. The molecule has 0 aromatic rings. The summed E-state index contributed by atoms with van der Waals surface area (Å²) >= 11 is 0. The molecule has 0 amide bonds. The van der Waals surface area contributed by atoms with Crippen molar-refractivity contribution < 1.29 is 20.9 Å². The fraction of sp³-hybridized carbons (Fsp3) is 0.833. The SMILES string of the molecule is CC[C@H](C)[C@H](N)C(=O)O.O.O.[CaH2]. The van der Waals surface area contributed by atoms with Gasteiger partial charge in [-0.2, -0.15) is 0 Å². The second-order valence-electron chi connectivity index (χ2n) is 2.25. The van der Waals surface area contributed by atoms with Crippen molar-refractivity contribution in [2.45, 2.75) is 26.3 Å². The van der Waals surface area contributed by atoms with Gasteiger partial charge in [0.05, 0.1) is 0 Å². The summed E-state index contributed by atoms with van der Waals surface area (Å²) in [7, 11) is 0. The van der Waals surface area contributed by atoms with Gasteiger partial charge < -0.3 is 21.8 Å². The van der Waals surface area contributed by atoms with Gasteiger partial charge in [-0.25, -0.2) is 0 Å². The average Bonchev–Trinajstić information content (AvgIpc) is 1.84. The van der Waals surface area contributed by atoms with Crippen molar-refractivity contribution >= 4 is 43.7 Å². The van der Waals surface area contributed by atoms with Gasteiger partial charge in [0.2, 0.25) is 0 Å². The van der Waals surface area contributed by atoms with E-state index in [1.807, 2.05) is 13.8 Å². The van der Waals surface area contributed by atoms with Gasteiger partial charge >= 0.3 is 43.7 Å². The Morgan fingerprint density at radius 1 is 1.50 bits per heavy atom. The van der Waals surface area contributed by atoms with Gasteiger partial charge in [-0.05, 0) is 5.92 Å². The zero-order valence-corrected chi connectivity index (χ0v) is 6.79. The molecule has 5 nitrogen and oxygen atoms in total. The molecule has 0 heterocycles. The third-order valence-corrected chi connectivity index (χ3v) is 1.54. The van der Waals surface area contributed by atoms with E-state index in [2.05, 4.69) is 0 Å². The van der Waals surface area contributed by atoms with Gasteiger partial charge in [-0.3, -0.25) is 4.79 Å². The Kier molecular flexibility index (Phi) is 22.2. The maximum atomic E-state index is 10.2. The van der Waals surface area contributed by atoms with Crippen molar-refractivity contribution in [3.05, 3.63) is 0 Å². The molecule has 0 saturated carbocycles. The summed E-state index contributed by atoms with van der Waals surface area (Å²) in [5.74, 6) is -0.841. The molecule has 0 saturated heterocycles. The van der Waals surface area contributed by atoms with E-state index >= 15 is 0 Å². The molecular formula is C6H19CaNO4. The molecule has 0 aromatic carbocycles. The molecule has 0 rings (SSSR count). The fourth-order valence-corrected chi connectivity index (χ4v) is 0.497. The minimum atomic E-state index is -0.913. The van der Waals surface area contributed by atoms with Gasteiger partial charge in [0, 0.05) is 0 Å². The van der Waals surface area contributed by atoms with Crippen LogP contribution in [0.15, 0.2) is 0 Å². The predicted octanol–water partition coefficient (Wildman–Crippen LogP) is -2.12. The van der Waals surface area contributed by atoms with E-state index in [4.69, 9.17) is 10.8 Å². The average molecular weight is 209 g/mol. The van der Waals surface area contributed by atoms with Crippen molar-refractivity contribution in [1.29, 1.82) is 0 Å². The summed E-state index contributed by atoms with van der Waals surface area (Å²) in [6.07, 6.45) is 0.813. The molecule has 0 bridgehead atoms. The Balaban J connectivity index is -0.000000107. The number of aliphatic carboxylic acids is 1. The molecule has 12 heavy (non-hydrogen) atoms. The zero-order valence-electron chi connectivity index (χ0n) is 6.79. The van der Waals surface area contributed by atoms with Crippen molar-refractivity contribution in [2.24, 2.45) is 11.7 Å². The van der Waals surface area contributed by atoms with Crippen LogP contribution in [-0.2, 0) is 4.79 Å². The molecular weight excluding hydrogens is 190 g/mol. The summed E-state index contributed by atoms with van der Waals surface area (Å²) in [6, 6.07) is -0.699. The van der Waals surface area contributed by atoms with E-state index in [9.17, 15) is 4.79 Å². The molecule has 0 aliphatic heterocycles. The molecule has 0 aromatic heterocycles. The number of carbonyl (C=O) groups is 1. The van der Waals surface area contributed by atoms with Crippen molar-refractivity contribution in [3.8, 4) is 0 Å². The molecule has 0 spiro atoms. The number of hydrogen-bond donors (Lipinski definition) is 2. The first kappa shape index (κ1) is 22.9. The van der Waals surface area contributed by atoms with Gasteiger partial charge in [0.25, 0.3) is 0 Å². The first-order valence-electron chi connectivity index (χ1n) is 3.08. The Labute approximate surface area is 102 Å². The van der Waals surface area contributed by atoms with Crippen LogP contribution in [0.4, 0.5) is 0 Å². The number of hydrogen-bond acceptors (Lipinski definition) is 2. The molecule has 0 fully saturated rings. The minimum absolute atomic E-state index is 0. The van der Waals surface area contributed by atoms with Gasteiger partial charge in [0.15, 0.2) is 0 Å². The fourth-order valence-electron chi connectivity index (χ4n) is 0.497. The third-order valence-electron chi connectivity index (χ3n) is 1.54. The first-order valence-corrected chi connectivity index (χ1v) is 3.08. The van der Waals surface area contributed by atoms with E-state index in [-0.39, 0.29) is 54.6 Å². The monoisotopic (exact) mass is 209 g/mol. The molecule has 74 valence electrons. The van der Waals surface area contributed by atoms with Crippen molar-refractivity contribution in [2.75, 3.05) is 0 Å². The van der Waals surface area contributed by atoms with E-state index in [1.165, 1.54) is 0 Å². The van der Waals surface area contributed by atoms with Crippen LogP contribution in [0.3, 0.4) is 0 Å². The van der Waals surface area contributed by atoms with E-state index < -0.39 is 12.0 Å². The number of carboxylic acids is 1. The Bertz CT molecular complexity index is 112. The molecule has 0 aliphatic rings. The van der Waals surface area contributed by atoms with E-state index in [0.717, 1.165) is 6.42 Å². The summed E-state index contributed by atoms with van der Waals surface area (Å²) in [4.78, 5) is 10.2.